The first-order valence-electron chi connectivity index (χ1n) is 6.00. The van der Waals surface area contributed by atoms with Crippen LogP contribution in [0, 0.1) is 5.92 Å². The number of thiophene rings is 1. The molecule has 3 rings (SSSR count). The lowest BCUT2D eigenvalue weighted by Crippen LogP contribution is -2.07. The third-order valence-electron chi connectivity index (χ3n) is 3.24. The molecule has 4 nitrogen and oxygen atoms in total. The van der Waals surface area contributed by atoms with Crippen LogP contribution in [-0.4, -0.2) is 16.0 Å². The van der Waals surface area contributed by atoms with Gasteiger partial charge in [-0.05, 0) is 24.8 Å². The molecule has 1 fully saturated rings. The van der Waals surface area contributed by atoms with Crippen molar-refractivity contribution in [2.24, 2.45) is 5.92 Å². The average molecular weight is 248 g/mol. The van der Waals surface area contributed by atoms with Crippen LogP contribution >= 0.6 is 11.3 Å². The Labute approximate surface area is 104 Å². The first-order valence-corrected chi connectivity index (χ1v) is 6.81. The van der Waals surface area contributed by atoms with Gasteiger partial charge in [-0.2, -0.15) is 4.98 Å². The molecule has 0 aromatic carbocycles. The molecular formula is C12H16N4S. The van der Waals surface area contributed by atoms with Crippen molar-refractivity contribution in [3.05, 3.63) is 10.9 Å². The van der Waals surface area contributed by atoms with Gasteiger partial charge in [0.2, 0.25) is 5.95 Å². The van der Waals surface area contributed by atoms with Crippen LogP contribution in [0.2, 0.25) is 0 Å². The first kappa shape index (κ1) is 10.8. The highest BCUT2D eigenvalue weighted by molar-refractivity contribution is 7.18. The number of hydrogen-bond donors (Lipinski definition) is 2. The van der Waals surface area contributed by atoms with Crippen molar-refractivity contribution in [3.8, 4) is 0 Å². The Bertz CT molecular complexity index is 563. The number of nitrogens with one attached hydrogen (secondary N) is 1. The zero-order chi connectivity index (χ0) is 12.0. The molecule has 0 amide bonds. The van der Waals surface area contributed by atoms with E-state index >= 15 is 0 Å². The zero-order valence-corrected chi connectivity index (χ0v) is 10.8. The van der Waals surface area contributed by atoms with E-state index in [9.17, 15) is 0 Å². The molecule has 2 unspecified atom stereocenters. The van der Waals surface area contributed by atoms with Crippen molar-refractivity contribution in [2.45, 2.75) is 32.7 Å². The molecule has 17 heavy (non-hydrogen) atoms. The van der Waals surface area contributed by atoms with Gasteiger partial charge in [0, 0.05) is 10.9 Å². The quantitative estimate of drug-likeness (QED) is 0.876. The largest absolute Gasteiger partial charge is 0.368 e. The molecule has 0 saturated heterocycles. The third-order valence-corrected chi connectivity index (χ3v) is 4.41. The third kappa shape index (κ3) is 1.95. The molecule has 0 spiro atoms. The molecule has 90 valence electrons. The predicted molar refractivity (Wildman–Crippen MR) is 72.4 cm³/mol. The van der Waals surface area contributed by atoms with Gasteiger partial charge in [0.25, 0.3) is 0 Å². The molecule has 3 N–H and O–H groups in total. The lowest BCUT2D eigenvalue weighted by Gasteiger charge is -2.05. The minimum atomic E-state index is 0.359. The molecule has 2 atom stereocenters. The topological polar surface area (TPSA) is 63.8 Å². The number of nitrogens with zero attached hydrogens (tertiary/aromatic N) is 2. The van der Waals surface area contributed by atoms with Crippen molar-refractivity contribution in [3.63, 3.8) is 0 Å². The van der Waals surface area contributed by atoms with Crippen molar-refractivity contribution < 1.29 is 0 Å². The molecule has 1 aliphatic rings. The van der Waals surface area contributed by atoms with E-state index in [0.717, 1.165) is 28.4 Å². The maximum atomic E-state index is 5.75. The Morgan fingerprint density at radius 2 is 2.29 bits per heavy atom. The molecule has 1 saturated carbocycles. The van der Waals surface area contributed by atoms with Crippen LogP contribution in [0.4, 0.5) is 11.8 Å². The van der Waals surface area contributed by atoms with E-state index in [-0.39, 0.29) is 0 Å². The summed E-state index contributed by atoms with van der Waals surface area (Å²) in [6.45, 7) is 4.39. The molecule has 1 aliphatic carbocycles. The van der Waals surface area contributed by atoms with Gasteiger partial charge < -0.3 is 11.1 Å². The van der Waals surface area contributed by atoms with Crippen molar-refractivity contribution in [1.29, 1.82) is 0 Å². The molecule has 2 heterocycles. The number of aryl methyl sites for hydroxylation is 1. The highest BCUT2D eigenvalue weighted by atomic mass is 32.1. The summed E-state index contributed by atoms with van der Waals surface area (Å²) in [7, 11) is 0. The smallest absolute Gasteiger partial charge is 0.223 e. The van der Waals surface area contributed by atoms with Gasteiger partial charge in [-0.1, -0.05) is 13.8 Å². The van der Waals surface area contributed by atoms with Gasteiger partial charge in [-0.15, -0.1) is 11.3 Å². The molecule has 5 heteroatoms. The minimum Gasteiger partial charge on any atom is -0.368 e. The van der Waals surface area contributed by atoms with E-state index in [1.54, 1.807) is 11.3 Å². The molecule has 0 radical (unpaired) electrons. The molecule has 2 aromatic rings. The number of fused-ring (bicyclic) bond motifs is 1. The summed E-state index contributed by atoms with van der Waals surface area (Å²) < 4.78 is 0. The van der Waals surface area contributed by atoms with Gasteiger partial charge in [-0.25, -0.2) is 4.98 Å². The van der Waals surface area contributed by atoms with Crippen LogP contribution in [0.1, 0.15) is 25.1 Å². The second-order valence-electron chi connectivity index (χ2n) is 4.68. The highest BCUT2D eigenvalue weighted by Crippen LogP contribution is 2.36. The van der Waals surface area contributed by atoms with Gasteiger partial charge >= 0.3 is 0 Å². The van der Waals surface area contributed by atoms with E-state index in [2.05, 4.69) is 35.2 Å². The Kier molecular flexibility index (Phi) is 2.43. The Hall–Kier alpha value is -1.36. The average Bonchev–Trinajstić information content (AvgIpc) is 2.82. The Morgan fingerprint density at radius 3 is 2.94 bits per heavy atom. The Morgan fingerprint density at radius 1 is 1.53 bits per heavy atom. The van der Waals surface area contributed by atoms with Gasteiger partial charge in [-0.3, -0.25) is 0 Å². The fourth-order valence-corrected chi connectivity index (χ4v) is 2.95. The maximum Gasteiger partial charge on any atom is 0.223 e. The number of aromatic nitrogens is 2. The SMILES string of the molecule is CCc1cc2c(NC3CC3C)nc(N)nc2s1. The summed E-state index contributed by atoms with van der Waals surface area (Å²) in [5.74, 6) is 2.00. The summed E-state index contributed by atoms with van der Waals surface area (Å²) >= 11 is 1.70. The molecular weight excluding hydrogens is 232 g/mol. The van der Waals surface area contributed by atoms with Crippen LogP contribution < -0.4 is 11.1 Å². The number of nitrogens with two attached hydrogens (primary N) is 1. The normalized spacial score (nSPS) is 22.9. The van der Waals surface area contributed by atoms with E-state index in [1.165, 1.54) is 11.3 Å². The van der Waals surface area contributed by atoms with Crippen LogP contribution in [0.15, 0.2) is 6.07 Å². The predicted octanol–water partition coefficient (Wildman–Crippen LogP) is 2.66. The van der Waals surface area contributed by atoms with Crippen molar-refractivity contribution in [1.82, 2.24) is 9.97 Å². The maximum absolute atomic E-state index is 5.75. The van der Waals surface area contributed by atoms with E-state index in [4.69, 9.17) is 5.73 Å². The summed E-state index contributed by atoms with van der Waals surface area (Å²) in [6.07, 6.45) is 2.25. The fourth-order valence-electron chi connectivity index (χ4n) is 1.97. The number of nitrogen functional groups attached to an aromatic ring is 1. The summed E-state index contributed by atoms with van der Waals surface area (Å²) in [5.41, 5.74) is 5.75. The second kappa shape index (κ2) is 3.84. The van der Waals surface area contributed by atoms with E-state index in [0.29, 0.717) is 12.0 Å². The van der Waals surface area contributed by atoms with Gasteiger partial charge in [0.05, 0.1) is 5.39 Å². The zero-order valence-electron chi connectivity index (χ0n) is 10.0. The van der Waals surface area contributed by atoms with Crippen molar-refractivity contribution in [2.75, 3.05) is 11.1 Å². The van der Waals surface area contributed by atoms with E-state index in [1.807, 2.05) is 0 Å². The standard InChI is InChI=1S/C12H16N4S/c1-3-7-5-8-10(14-9-4-6(9)2)15-12(13)16-11(8)17-7/h5-6,9H,3-4H2,1-2H3,(H3,13,14,15,16). The number of rotatable bonds is 3. The minimum absolute atomic E-state index is 0.359. The Balaban J connectivity index is 2.04. The van der Waals surface area contributed by atoms with Crippen LogP contribution in [-0.2, 0) is 6.42 Å². The second-order valence-corrected chi connectivity index (χ2v) is 5.79. The van der Waals surface area contributed by atoms with Crippen LogP contribution in [0.25, 0.3) is 10.2 Å². The number of hydrogen-bond acceptors (Lipinski definition) is 5. The fraction of sp³-hybridized carbons (Fsp3) is 0.500. The molecule has 0 aliphatic heterocycles. The monoisotopic (exact) mass is 248 g/mol. The molecule has 0 bridgehead atoms. The van der Waals surface area contributed by atoms with Gasteiger partial charge in [0.1, 0.15) is 10.6 Å². The molecule has 2 aromatic heterocycles. The lowest BCUT2D eigenvalue weighted by molar-refractivity contribution is 0.925. The lowest BCUT2D eigenvalue weighted by atomic mass is 10.3. The summed E-state index contributed by atoms with van der Waals surface area (Å²) in [6, 6.07) is 2.73. The first-order chi connectivity index (χ1) is 8.17. The highest BCUT2D eigenvalue weighted by Gasteiger charge is 2.33. The van der Waals surface area contributed by atoms with Crippen LogP contribution in [0.3, 0.4) is 0 Å². The van der Waals surface area contributed by atoms with Gasteiger partial charge in [0.15, 0.2) is 0 Å². The number of anilines is 2. The summed E-state index contributed by atoms with van der Waals surface area (Å²) in [5, 5.41) is 4.57. The van der Waals surface area contributed by atoms with Crippen molar-refractivity contribution >= 4 is 33.3 Å². The van der Waals surface area contributed by atoms with E-state index < -0.39 is 0 Å². The summed E-state index contributed by atoms with van der Waals surface area (Å²) in [4.78, 5) is 10.9. The van der Waals surface area contributed by atoms with Crippen LogP contribution in [0.5, 0.6) is 0 Å².